The lowest BCUT2D eigenvalue weighted by Crippen LogP contribution is -2.52. The van der Waals surface area contributed by atoms with E-state index < -0.39 is 33.9 Å². The molecule has 0 radical (unpaired) electrons. The first-order valence-corrected chi connectivity index (χ1v) is 10.7. The predicted molar refractivity (Wildman–Crippen MR) is 99.0 cm³/mol. The van der Waals surface area contributed by atoms with Gasteiger partial charge in [-0.1, -0.05) is 34.1 Å². The molecule has 9 heteroatoms. The number of ether oxygens (including phenoxy) is 1. The van der Waals surface area contributed by atoms with Crippen molar-refractivity contribution in [3.05, 3.63) is 45.6 Å². The smallest absolute Gasteiger partial charge is 0.337 e. The summed E-state index contributed by atoms with van der Waals surface area (Å²) in [5, 5.41) is 2.83. The maximum absolute atomic E-state index is 12.8. The Bertz CT molecular complexity index is 896. The quantitative estimate of drug-likeness (QED) is 0.723. The van der Waals surface area contributed by atoms with Crippen LogP contribution >= 0.6 is 15.9 Å². The highest BCUT2D eigenvalue weighted by Gasteiger charge is 2.42. The van der Waals surface area contributed by atoms with Crippen molar-refractivity contribution in [2.24, 2.45) is 0 Å². The van der Waals surface area contributed by atoms with Gasteiger partial charge in [0.15, 0.2) is 9.84 Å². The molecule has 2 atom stereocenters. The first kappa shape index (κ1) is 18.9. The summed E-state index contributed by atoms with van der Waals surface area (Å²) in [5.41, 5.74) is 1.44. The standard InChI is InChI=1S/C17H19BrN2O5S/c1-10-14(16(21)25-2)15(12-5-3-4-6-13(12)18)19-17(22)20(10)11-7-8-26(23,24)9-11/h3-6,11,15H,7-9H2,1-2H3,(H,19,22). The molecule has 0 spiro atoms. The fraction of sp³-hybridized carbons (Fsp3) is 0.412. The highest BCUT2D eigenvalue weighted by atomic mass is 79.9. The Hall–Kier alpha value is -1.87. The van der Waals surface area contributed by atoms with E-state index in [2.05, 4.69) is 21.2 Å². The SMILES string of the molecule is COC(=O)C1=C(C)N(C2CCS(=O)(=O)C2)C(=O)NC1c1ccccc1Br. The minimum Gasteiger partial charge on any atom is -0.466 e. The summed E-state index contributed by atoms with van der Waals surface area (Å²) in [6.07, 6.45) is 0.348. The number of nitrogens with zero attached hydrogens (tertiary/aromatic N) is 1. The van der Waals surface area contributed by atoms with Crippen LogP contribution in [0.5, 0.6) is 0 Å². The van der Waals surface area contributed by atoms with Crippen LogP contribution in [0.3, 0.4) is 0 Å². The van der Waals surface area contributed by atoms with Gasteiger partial charge in [0.05, 0.1) is 36.3 Å². The van der Waals surface area contributed by atoms with Crippen molar-refractivity contribution in [3.63, 3.8) is 0 Å². The van der Waals surface area contributed by atoms with Crippen molar-refractivity contribution < 1.29 is 22.7 Å². The summed E-state index contributed by atoms with van der Waals surface area (Å²) in [6, 6.07) is 5.69. The molecule has 2 aliphatic rings. The number of amides is 2. The molecule has 140 valence electrons. The Morgan fingerprint density at radius 2 is 2.04 bits per heavy atom. The van der Waals surface area contributed by atoms with Crippen molar-refractivity contribution in [2.45, 2.75) is 25.4 Å². The number of benzene rings is 1. The second kappa shape index (κ2) is 7.03. The molecule has 1 fully saturated rings. The number of carbonyl (C=O) groups excluding carboxylic acids is 2. The molecule has 2 unspecified atom stereocenters. The Kier molecular flexibility index (Phi) is 5.12. The van der Waals surface area contributed by atoms with Crippen LogP contribution in [0, 0.1) is 0 Å². The maximum atomic E-state index is 12.8. The minimum absolute atomic E-state index is 0.0376. The second-order valence-electron chi connectivity index (χ2n) is 6.32. The molecule has 26 heavy (non-hydrogen) atoms. The molecule has 0 aromatic heterocycles. The first-order valence-electron chi connectivity index (χ1n) is 8.09. The van der Waals surface area contributed by atoms with E-state index in [1.807, 2.05) is 18.2 Å². The van der Waals surface area contributed by atoms with Crippen LogP contribution in [0.1, 0.15) is 24.9 Å². The number of hydrogen-bond acceptors (Lipinski definition) is 5. The van der Waals surface area contributed by atoms with E-state index in [1.54, 1.807) is 13.0 Å². The molecule has 0 saturated carbocycles. The number of hydrogen-bond donors (Lipinski definition) is 1. The molecule has 2 aliphatic heterocycles. The van der Waals surface area contributed by atoms with Gasteiger partial charge in [-0.25, -0.2) is 18.0 Å². The van der Waals surface area contributed by atoms with E-state index in [0.29, 0.717) is 17.7 Å². The van der Waals surface area contributed by atoms with Crippen molar-refractivity contribution in [2.75, 3.05) is 18.6 Å². The summed E-state index contributed by atoms with van der Waals surface area (Å²) in [5.74, 6) is -0.629. The number of urea groups is 1. The van der Waals surface area contributed by atoms with E-state index in [-0.39, 0.29) is 11.5 Å². The second-order valence-corrected chi connectivity index (χ2v) is 9.40. The van der Waals surface area contributed by atoms with E-state index in [0.717, 1.165) is 10.0 Å². The average Bonchev–Trinajstić information content (AvgIpc) is 2.93. The van der Waals surface area contributed by atoms with E-state index in [9.17, 15) is 18.0 Å². The normalized spacial score (nSPS) is 25.2. The van der Waals surface area contributed by atoms with Crippen LogP contribution in [-0.2, 0) is 19.4 Å². The molecule has 1 aromatic rings. The Balaban J connectivity index is 2.09. The number of esters is 1. The molecular formula is C17H19BrN2O5S. The van der Waals surface area contributed by atoms with Gasteiger partial charge in [0.25, 0.3) is 0 Å². The number of methoxy groups -OCH3 is 1. The summed E-state index contributed by atoms with van der Waals surface area (Å²) in [4.78, 5) is 26.6. The zero-order valence-electron chi connectivity index (χ0n) is 14.4. The molecule has 1 saturated heterocycles. The van der Waals surface area contributed by atoms with Gasteiger partial charge in [-0.05, 0) is 25.0 Å². The lowest BCUT2D eigenvalue weighted by atomic mass is 9.94. The molecule has 1 aromatic carbocycles. The zero-order valence-corrected chi connectivity index (χ0v) is 16.8. The largest absolute Gasteiger partial charge is 0.466 e. The van der Waals surface area contributed by atoms with Gasteiger partial charge < -0.3 is 10.1 Å². The van der Waals surface area contributed by atoms with E-state index >= 15 is 0 Å². The topological polar surface area (TPSA) is 92.8 Å². The first-order chi connectivity index (χ1) is 12.2. The van der Waals surface area contributed by atoms with Gasteiger partial charge in [-0.15, -0.1) is 0 Å². The number of allylic oxidation sites excluding steroid dienone is 1. The van der Waals surface area contributed by atoms with Crippen LogP contribution in [0.15, 0.2) is 40.0 Å². The van der Waals surface area contributed by atoms with E-state index in [1.165, 1.54) is 12.0 Å². The summed E-state index contributed by atoms with van der Waals surface area (Å²) >= 11 is 3.45. The number of halogens is 1. The molecule has 0 bridgehead atoms. The van der Waals surface area contributed by atoms with Gasteiger partial charge in [-0.3, -0.25) is 4.90 Å². The zero-order chi connectivity index (χ0) is 19.1. The third-order valence-electron chi connectivity index (χ3n) is 4.72. The Morgan fingerprint density at radius 3 is 2.62 bits per heavy atom. The van der Waals surface area contributed by atoms with Crippen LogP contribution in [-0.4, -0.2) is 50.0 Å². The highest BCUT2D eigenvalue weighted by Crippen LogP contribution is 2.36. The maximum Gasteiger partial charge on any atom is 0.337 e. The Labute approximate surface area is 160 Å². The number of sulfone groups is 1. The number of nitrogens with one attached hydrogen (secondary N) is 1. The molecular weight excluding hydrogens is 424 g/mol. The predicted octanol–water partition coefficient (Wildman–Crippen LogP) is 2.15. The van der Waals surface area contributed by atoms with Gasteiger partial charge >= 0.3 is 12.0 Å². The summed E-state index contributed by atoms with van der Waals surface area (Å²) in [7, 11) is -1.90. The van der Waals surface area contributed by atoms with Crippen molar-refractivity contribution in [1.82, 2.24) is 10.2 Å². The van der Waals surface area contributed by atoms with Crippen molar-refractivity contribution in [3.8, 4) is 0 Å². The number of rotatable bonds is 3. The van der Waals surface area contributed by atoms with Gasteiger partial charge in [0, 0.05) is 10.2 Å². The molecule has 2 amide bonds. The lowest BCUT2D eigenvalue weighted by molar-refractivity contribution is -0.136. The molecule has 3 rings (SSSR count). The van der Waals surface area contributed by atoms with Crippen LogP contribution in [0.4, 0.5) is 4.79 Å². The summed E-state index contributed by atoms with van der Waals surface area (Å²) in [6.45, 7) is 1.65. The summed E-state index contributed by atoms with van der Waals surface area (Å²) < 4.78 is 29.3. The van der Waals surface area contributed by atoms with Crippen LogP contribution in [0.25, 0.3) is 0 Å². The molecule has 1 N–H and O–H groups in total. The van der Waals surface area contributed by atoms with Gasteiger partial charge in [0.2, 0.25) is 0 Å². The molecule has 2 heterocycles. The minimum atomic E-state index is -3.18. The van der Waals surface area contributed by atoms with Crippen molar-refractivity contribution >= 4 is 37.8 Å². The average molecular weight is 443 g/mol. The fourth-order valence-corrected chi connectivity index (χ4v) is 5.71. The lowest BCUT2D eigenvalue weighted by Gasteiger charge is -2.38. The van der Waals surface area contributed by atoms with Gasteiger partial charge in [0.1, 0.15) is 0 Å². The fourth-order valence-electron chi connectivity index (χ4n) is 3.49. The third kappa shape index (κ3) is 3.37. The van der Waals surface area contributed by atoms with E-state index in [4.69, 9.17) is 4.74 Å². The Morgan fingerprint density at radius 1 is 1.35 bits per heavy atom. The van der Waals surface area contributed by atoms with Crippen LogP contribution in [0.2, 0.25) is 0 Å². The highest BCUT2D eigenvalue weighted by molar-refractivity contribution is 9.10. The molecule has 7 nitrogen and oxygen atoms in total. The third-order valence-corrected chi connectivity index (χ3v) is 7.19. The van der Waals surface area contributed by atoms with Crippen LogP contribution < -0.4 is 5.32 Å². The van der Waals surface area contributed by atoms with Crippen molar-refractivity contribution in [1.29, 1.82) is 0 Å². The molecule has 0 aliphatic carbocycles. The monoisotopic (exact) mass is 442 g/mol. The van der Waals surface area contributed by atoms with Gasteiger partial charge in [-0.2, -0.15) is 0 Å². The number of carbonyl (C=O) groups is 2.